The second-order valence-electron chi connectivity index (χ2n) is 14.5. The van der Waals surface area contributed by atoms with Crippen LogP contribution in [-0.4, -0.2) is 0 Å². The first-order chi connectivity index (χ1) is 58.9. The highest BCUT2D eigenvalue weighted by Gasteiger charge is 1.69. The van der Waals surface area contributed by atoms with Crippen LogP contribution in [0.15, 0.2) is 0 Å². The molecule has 0 spiro atoms. The van der Waals surface area contributed by atoms with Gasteiger partial charge in [-0.1, -0.05) is 0 Å². The van der Waals surface area contributed by atoms with Gasteiger partial charge in [0.05, 0.1) is 0 Å². The first-order valence-electron chi connectivity index (χ1n) is 29.2. The Bertz CT molecular complexity index is 7900. The van der Waals surface area contributed by atoms with Crippen molar-refractivity contribution >= 4 is 0 Å². The summed E-state index contributed by atoms with van der Waals surface area (Å²) in [7, 11) is 0. The lowest BCUT2D eigenvalue weighted by Gasteiger charge is -1.58. The SMILES string of the molecule is [C]#CC#CC#CC#CC#CC#CC#CC#CC#CC#CC#CC#CC#CC#CC#CC#CC#CC#CC#CC#CC#CC#CC#CC#CC#CC#CC#CC#CC#CC#CC#CC#CC#CC#CC#CC#CC#CC#CC#CC#CC#CC#CC#CC#CC#CC#CC#CC#CC#CC#CC#CC#CC#CC#CC#CC#CC#CC#CC#[C]. The molecular formula is C118. The maximum Gasteiger partial charge on any atom is 0 e. The lowest BCUT2D eigenvalue weighted by Crippen LogP contribution is -1.57. The molecule has 0 heteroatoms. The third-order valence-electron chi connectivity index (χ3n) is 7.19. The number of hydrogen-bond acceptors (Lipinski definition) is 0. The molecule has 0 N–H and O–H groups in total. The molecule has 0 heterocycles. The zero-order valence-corrected chi connectivity index (χ0v) is 59.0. The molecule has 0 aromatic heterocycles. The van der Waals surface area contributed by atoms with E-state index < -0.39 is 0 Å². The van der Waals surface area contributed by atoms with Crippen LogP contribution in [0.2, 0.25) is 0 Å². The van der Waals surface area contributed by atoms with Crippen molar-refractivity contribution in [3.8, 4) is 687 Å². The first kappa shape index (κ1) is 92.0. The molecule has 0 atom stereocenters. The van der Waals surface area contributed by atoms with Crippen molar-refractivity contribution < 1.29 is 0 Å². The highest BCUT2D eigenvalue weighted by molar-refractivity contribution is 5.58. The molecule has 0 unspecified atom stereocenters. The van der Waals surface area contributed by atoms with E-state index in [0.29, 0.717) is 0 Å². The van der Waals surface area contributed by atoms with Crippen LogP contribution in [0, 0.1) is 700 Å². The number of rotatable bonds is 0. The summed E-state index contributed by atoms with van der Waals surface area (Å²) < 4.78 is 0. The topological polar surface area (TPSA) is 0 Å². The van der Waals surface area contributed by atoms with Crippen LogP contribution in [0.5, 0.6) is 0 Å². The van der Waals surface area contributed by atoms with Crippen LogP contribution >= 0.6 is 0 Å². The summed E-state index contributed by atoms with van der Waals surface area (Å²) in [6, 6.07) is 0. The van der Waals surface area contributed by atoms with Crippen LogP contribution in [0.25, 0.3) is 0 Å². The van der Waals surface area contributed by atoms with Gasteiger partial charge < -0.3 is 0 Å². The molecule has 118 heavy (non-hydrogen) atoms. The van der Waals surface area contributed by atoms with Gasteiger partial charge >= 0.3 is 0 Å². The van der Waals surface area contributed by atoms with Crippen LogP contribution < -0.4 is 0 Å². The van der Waals surface area contributed by atoms with Crippen LogP contribution in [0.1, 0.15) is 0 Å². The van der Waals surface area contributed by atoms with Gasteiger partial charge in [0.25, 0.3) is 0 Å². The second kappa shape index (κ2) is 91.0. The second-order valence-corrected chi connectivity index (χ2v) is 14.5. The van der Waals surface area contributed by atoms with Crippen molar-refractivity contribution in [2.45, 2.75) is 0 Å². The van der Waals surface area contributed by atoms with Gasteiger partial charge in [-0.3, -0.25) is 0 Å². The maximum absolute atomic E-state index is 6.59. The van der Waals surface area contributed by atoms with E-state index in [1.54, 1.807) is 0 Å². The zero-order valence-electron chi connectivity index (χ0n) is 59.0. The summed E-state index contributed by atoms with van der Waals surface area (Å²) in [4.78, 5) is 0. The lowest BCUT2D eigenvalue weighted by atomic mass is 10.4. The van der Waals surface area contributed by atoms with Crippen LogP contribution in [0.3, 0.4) is 0 Å². The van der Waals surface area contributed by atoms with Crippen molar-refractivity contribution in [3.05, 3.63) is 12.8 Å². The van der Waals surface area contributed by atoms with Gasteiger partial charge in [0, 0.05) is 700 Å². The summed E-state index contributed by atoms with van der Waals surface area (Å²) in [6.45, 7) is 0. The molecule has 0 aliphatic heterocycles. The molecule has 0 rings (SSSR count). The Morgan fingerprint density at radius 1 is 0.0424 bits per heavy atom. The highest BCUT2D eigenvalue weighted by Crippen LogP contribution is 1.69. The van der Waals surface area contributed by atoms with Crippen molar-refractivity contribution in [3.63, 3.8) is 0 Å². The molecule has 0 saturated heterocycles. The van der Waals surface area contributed by atoms with E-state index in [1.165, 1.54) is 0 Å². The van der Waals surface area contributed by atoms with E-state index in [4.69, 9.17) is 12.8 Å². The minimum Gasteiger partial charge on any atom is 0 e. The van der Waals surface area contributed by atoms with Gasteiger partial charge in [0.15, 0.2) is 0 Å². The quantitative estimate of drug-likeness (QED) is 0.308. The molecule has 0 nitrogen and oxygen atoms in total. The molecule has 0 aromatic carbocycles. The van der Waals surface area contributed by atoms with Gasteiger partial charge in [-0.05, 0) is 0 Å². The molecule has 0 saturated carbocycles. The van der Waals surface area contributed by atoms with E-state index in [1.807, 2.05) is 11.8 Å². The Morgan fingerprint density at radius 3 is 0.0932 bits per heavy atom. The van der Waals surface area contributed by atoms with Gasteiger partial charge in [0.1, 0.15) is 0 Å². The predicted octanol–water partition coefficient (Wildman–Crippen LogP) is 0.360. The fraction of sp³-hybridized carbons (Fsp3) is 0. The molecule has 0 aliphatic rings. The number of hydrogen-bond donors (Lipinski definition) is 0. The van der Waals surface area contributed by atoms with Crippen molar-refractivity contribution in [1.82, 2.24) is 0 Å². The van der Waals surface area contributed by atoms with Crippen molar-refractivity contribution in [1.29, 1.82) is 0 Å². The Morgan fingerprint density at radius 2 is 0.0678 bits per heavy atom. The Hall–Kier alpha value is -26.0. The molecule has 0 amide bonds. The molecule has 0 fully saturated rings. The van der Waals surface area contributed by atoms with Crippen molar-refractivity contribution in [2.75, 3.05) is 0 Å². The third-order valence-corrected chi connectivity index (χ3v) is 7.19. The van der Waals surface area contributed by atoms with Gasteiger partial charge in [-0.2, -0.15) is 0 Å². The fourth-order valence-electron chi connectivity index (χ4n) is 3.56. The smallest absolute Gasteiger partial charge is 0 e. The summed E-state index contributed by atoms with van der Waals surface area (Å²) >= 11 is 0. The summed E-state index contributed by atoms with van der Waals surface area (Å²) in [5, 5.41) is 0. The van der Waals surface area contributed by atoms with E-state index in [0.717, 1.165) is 0 Å². The summed E-state index contributed by atoms with van der Waals surface area (Å²) in [5.74, 6) is 287. The molecule has 0 bridgehead atoms. The minimum absolute atomic E-state index is 1.87. The monoisotopic (exact) mass is 1420 g/mol. The van der Waals surface area contributed by atoms with Crippen LogP contribution in [0.4, 0.5) is 0 Å². The lowest BCUT2D eigenvalue weighted by molar-refractivity contribution is 2.31. The maximum atomic E-state index is 6.59. The Labute approximate surface area is 694 Å². The molecular weight excluding hydrogens is 1420 g/mol. The summed E-state index contributed by atoms with van der Waals surface area (Å²) in [6.07, 6.45) is 13.2. The molecule has 2 radical (unpaired) electrons. The zero-order chi connectivity index (χ0) is 84.0. The van der Waals surface area contributed by atoms with Gasteiger partial charge in [0.2, 0.25) is 0 Å². The van der Waals surface area contributed by atoms with E-state index in [2.05, 4.69) is 675 Å². The Balaban J connectivity index is 4.65. The largest absolute Gasteiger partial charge is 0 e. The fourth-order valence-corrected chi connectivity index (χ4v) is 3.56. The van der Waals surface area contributed by atoms with Gasteiger partial charge in [-0.25, -0.2) is 0 Å². The minimum atomic E-state index is 1.87. The average molecular weight is 1420 g/mol. The summed E-state index contributed by atoms with van der Waals surface area (Å²) in [5.41, 5.74) is 0. The van der Waals surface area contributed by atoms with E-state index in [-0.39, 0.29) is 0 Å². The Kier molecular flexibility index (Phi) is 71.0. The van der Waals surface area contributed by atoms with Crippen molar-refractivity contribution in [2.24, 2.45) is 0 Å². The van der Waals surface area contributed by atoms with E-state index >= 15 is 0 Å². The highest BCUT2D eigenvalue weighted by atomic mass is 13.7. The first-order valence-corrected chi connectivity index (χ1v) is 29.2. The third kappa shape index (κ3) is 90.0. The van der Waals surface area contributed by atoms with E-state index in [9.17, 15) is 0 Å². The predicted molar refractivity (Wildman–Crippen MR) is 457 cm³/mol. The normalized spacial score (nSPS) is 3.95. The standard InChI is InChI=1S/C118/c1-3-5-7-9-11-13-15-17-19-21-23-25-27-29-31-33-35-37-39-41-43-45-47-49-51-53-55-57-59-61-63-65-67-69-71-73-75-77-79-81-83-85-87-89-91-93-95-97-99-101-103-105-107-109-111-113-115-117-118-116-114-112-110-108-106-104-102-100-98-96-94-92-90-88-86-84-82-80-78-76-74-72-70-68-66-64-62-60-58-56-54-52-50-48-46-44-42-40-38-36-34-32-30-28-26-24-22-20-18-16-14-12-10-8-6-4-2. The molecule has 472 valence electrons. The van der Waals surface area contributed by atoms with Crippen LogP contribution in [-0.2, 0) is 0 Å². The van der Waals surface area contributed by atoms with Gasteiger partial charge in [-0.15, -0.1) is 0 Å². The molecule has 0 aromatic rings. The molecule has 0 aliphatic carbocycles. The average Bonchev–Trinajstić information content (AvgIpc) is 2.20.